The summed E-state index contributed by atoms with van der Waals surface area (Å²) in [5.41, 5.74) is 4.17. The van der Waals surface area contributed by atoms with Gasteiger partial charge in [0.25, 0.3) is 5.91 Å². The molecule has 3 fully saturated rings. The molecule has 0 bridgehead atoms. The molecule has 0 saturated carbocycles. The van der Waals surface area contributed by atoms with E-state index in [0.717, 1.165) is 36.3 Å². The topological polar surface area (TPSA) is 74.3 Å². The summed E-state index contributed by atoms with van der Waals surface area (Å²) in [6, 6.07) is 25.7. The smallest absolute Gasteiger partial charge is 0.255 e. The highest BCUT2D eigenvalue weighted by molar-refractivity contribution is 6.04. The summed E-state index contributed by atoms with van der Waals surface area (Å²) in [6.07, 6.45) is 4.35. The van der Waals surface area contributed by atoms with Crippen LogP contribution in [0.25, 0.3) is 0 Å². The molecule has 7 heteroatoms. The Morgan fingerprint density at radius 3 is 2.43 bits per heavy atom. The SMILES string of the molecule is CC1C(CN2CCCC2CN2CCCC2)OC(c2cccc(NC(=O)c3ccccc3)c2)OC1c1ccc(CO)cc1. The molecule has 0 aromatic heterocycles. The van der Waals surface area contributed by atoms with Gasteiger partial charge in [0.2, 0.25) is 0 Å². The van der Waals surface area contributed by atoms with Gasteiger partial charge in [-0.2, -0.15) is 0 Å². The molecule has 5 unspecified atom stereocenters. The summed E-state index contributed by atoms with van der Waals surface area (Å²) in [5.74, 6) is -0.0140. The minimum absolute atomic E-state index is 0.0184. The van der Waals surface area contributed by atoms with Crippen LogP contribution in [-0.2, 0) is 16.1 Å². The van der Waals surface area contributed by atoms with E-state index in [4.69, 9.17) is 9.47 Å². The number of aliphatic hydroxyl groups is 1. The lowest BCUT2D eigenvalue weighted by atomic mass is 9.90. The van der Waals surface area contributed by atoms with Crippen molar-refractivity contribution in [3.63, 3.8) is 0 Å². The van der Waals surface area contributed by atoms with Gasteiger partial charge in [0.05, 0.1) is 18.8 Å². The number of carbonyl (C=O) groups excluding carboxylic acids is 1. The van der Waals surface area contributed by atoms with Gasteiger partial charge in [-0.05, 0) is 80.7 Å². The van der Waals surface area contributed by atoms with Crippen LogP contribution < -0.4 is 5.32 Å². The summed E-state index contributed by atoms with van der Waals surface area (Å²) in [4.78, 5) is 18.1. The maximum atomic E-state index is 12.8. The van der Waals surface area contributed by atoms with Crippen molar-refractivity contribution in [2.75, 3.05) is 38.0 Å². The predicted octanol–water partition coefficient (Wildman–Crippen LogP) is 5.78. The highest BCUT2D eigenvalue weighted by Crippen LogP contribution is 2.42. The lowest BCUT2D eigenvalue weighted by molar-refractivity contribution is -0.276. The third-order valence-corrected chi connectivity index (χ3v) is 9.16. The zero-order valence-corrected chi connectivity index (χ0v) is 24.5. The van der Waals surface area contributed by atoms with Crippen LogP contribution in [0.15, 0.2) is 78.9 Å². The third-order valence-electron chi connectivity index (χ3n) is 9.16. The van der Waals surface area contributed by atoms with E-state index in [1.807, 2.05) is 54.6 Å². The Morgan fingerprint density at radius 2 is 1.67 bits per heavy atom. The second-order valence-electron chi connectivity index (χ2n) is 12.1. The van der Waals surface area contributed by atoms with Crippen LogP contribution in [0, 0.1) is 5.92 Å². The number of hydrogen-bond donors (Lipinski definition) is 2. The molecule has 3 aromatic carbocycles. The highest BCUT2D eigenvalue weighted by atomic mass is 16.7. The molecular formula is C35H43N3O4. The van der Waals surface area contributed by atoms with Gasteiger partial charge in [-0.1, -0.05) is 61.5 Å². The van der Waals surface area contributed by atoms with Crippen molar-refractivity contribution in [3.8, 4) is 0 Å². The summed E-state index contributed by atoms with van der Waals surface area (Å²) in [6.45, 7) is 7.82. The standard InChI is InChI=1S/C35H43N3O4/c1-25-32(23-38-20-8-13-31(38)22-37-18-5-6-19-37)41-35(42-33(25)27-16-14-26(24-39)15-17-27)29-11-7-12-30(21-29)36-34(40)28-9-3-2-4-10-28/h2-4,7,9-12,14-17,21,25,31-33,35,39H,5-6,8,13,18-20,22-24H2,1H3,(H,36,40). The molecule has 2 N–H and O–H groups in total. The first kappa shape index (κ1) is 29.0. The van der Waals surface area contributed by atoms with Crippen LogP contribution in [0.3, 0.4) is 0 Å². The Labute approximate surface area is 249 Å². The zero-order chi connectivity index (χ0) is 28.9. The van der Waals surface area contributed by atoms with Crippen LogP contribution in [-0.4, -0.2) is 65.7 Å². The van der Waals surface area contributed by atoms with E-state index in [1.54, 1.807) is 12.1 Å². The predicted molar refractivity (Wildman–Crippen MR) is 164 cm³/mol. The maximum Gasteiger partial charge on any atom is 0.255 e. The first-order chi connectivity index (χ1) is 20.6. The van der Waals surface area contributed by atoms with Crippen LogP contribution in [0.1, 0.15) is 72.0 Å². The Balaban J connectivity index is 1.23. The first-order valence-corrected chi connectivity index (χ1v) is 15.5. The number of ether oxygens (including phenoxy) is 2. The quantitative estimate of drug-likeness (QED) is 0.340. The van der Waals surface area contributed by atoms with Crippen molar-refractivity contribution in [2.24, 2.45) is 5.92 Å². The molecule has 6 rings (SSSR count). The Kier molecular flexibility index (Phi) is 9.32. The number of aliphatic hydroxyl groups excluding tert-OH is 1. The fourth-order valence-corrected chi connectivity index (χ4v) is 6.72. The molecule has 5 atom stereocenters. The summed E-state index contributed by atoms with van der Waals surface area (Å²) in [7, 11) is 0. The van der Waals surface area contributed by atoms with Gasteiger partial charge in [-0.3, -0.25) is 9.69 Å². The number of anilines is 1. The maximum absolute atomic E-state index is 12.8. The average Bonchev–Trinajstić information content (AvgIpc) is 3.71. The summed E-state index contributed by atoms with van der Waals surface area (Å²) < 4.78 is 13.5. The fraction of sp³-hybridized carbons (Fsp3) is 0.457. The number of hydrogen-bond acceptors (Lipinski definition) is 6. The number of nitrogens with zero attached hydrogens (tertiary/aromatic N) is 2. The molecule has 42 heavy (non-hydrogen) atoms. The van der Waals surface area contributed by atoms with Gasteiger partial charge in [0.15, 0.2) is 6.29 Å². The molecule has 3 aromatic rings. The number of nitrogens with one attached hydrogen (secondary N) is 1. The Morgan fingerprint density at radius 1 is 0.881 bits per heavy atom. The second kappa shape index (κ2) is 13.5. The third kappa shape index (κ3) is 6.77. The molecule has 3 saturated heterocycles. The molecule has 222 valence electrons. The lowest BCUT2D eigenvalue weighted by Gasteiger charge is -2.43. The van der Waals surface area contributed by atoms with Crippen molar-refractivity contribution >= 4 is 11.6 Å². The normalized spacial score (nSPS) is 26.9. The lowest BCUT2D eigenvalue weighted by Crippen LogP contribution is -2.48. The first-order valence-electron chi connectivity index (χ1n) is 15.5. The Hall–Kier alpha value is -3.07. The average molecular weight is 570 g/mol. The van der Waals surface area contributed by atoms with E-state index in [0.29, 0.717) is 17.3 Å². The number of amides is 1. The molecular weight excluding hydrogens is 526 g/mol. The second-order valence-corrected chi connectivity index (χ2v) is 12.1. The van der Waals surface area contributed by atoms with Crippen LogP contribution in [0.4, 0.5) is 5.69 Å². The minimum atomic E-state index is -0.568. The van der Waals surface area contributed by atoms with E-state index in [9.17, 15) is 9.90 Å². The molecule has 0 aliphatic carbocycles. The Bertz CT molecular complexity index is 1310. The molecule has 1 amide bonds. The summed E-state index contributed by atoms with van der Waals surface area (Å²) in [5, 5.41) is 12.6. The van der Waals surface area contributed by atoms with Crippen molar-refractivity contribution < 1.29 is 19.4 Å². The number of carbonyl (C=O) groups is 1. The minimum Gasteiger partial charge on any atom is -0.392 e. The van der Waals surface area contributed by atoms with Gasteiger partial charge in [-0.15, -0.1) is 0 Å². The van der Waals surface area contributed by atoms with E-state index >= 15 is 0 Å². The molecule has 3 aliphatic rings. The molecule has 0 spiro atoms. The van der Waals surface area contributed by atoms with E-state index in [-0.39, 0.29) is 30.6 Å². The van der Waals surface area contributed by atoms with Gasteiger partial charge >= 0.3 is 0 Å². The van der Waals surface area contributed by atoms with E-state index < -0.39 is 6.29 Å². The number of benzene rings is 3. The van der Waals surface area contributed by atoms with Gasteiger partial charge in [-0.25, -0.2) is 0 Å². The molecule has 3 heterocycles. The van der Waals surface area contributed by atoms with Crippen molar-refractivity contribution in [1.29, 1.82) is 0 Å². The number of likely N-dealkylation sites (tertiary alicyclic amines) is 2. The van der Waals surface area contributed by atoms with Crippen molar-refractivity contribution in [2.45, 2.75) is 63.8 Å². The number of rotatable bonds is 9. The van der Waals surface area contributed by atoms with Crippen molar-refractivity contribution in [3.05, 3.63) is 101 Å². The van der Waals surface area contributed by atoms with Gasteiger partial charge in [0, 0.05) is 41.9 Å². The monoisotopic (exact) mass is 569 g/mol. The van der Waals surface area contributed by atoms with Crippen LogP contribution >= 0.6 is 0 Å². The van der Waals surface area contributed by atoms with Crippen LogP contribution in [0.2, 0.25) is 0 Å². The van der Waals surface area contributed by atoms with Gasteiger partial charge in [0.1, 0.15) is 0 Å². The molecule has 7 nitrogen and oxygen atoms in total. The van der Waals surface area contributed by atoms with E-state index in [2.05, 4.69) is 34.2 Å². The van der Waals surface area contributed by atoms with Gasteiger partial charge < -0.3 is 24.8 Å². The van der Waals surface area contributed by atoms with E-state index in [1.165, 1.54) is 38.8 Å². The zero-order valence-electron chi connectivity index (χ0n) is 24.5. The fourth-order valence-electron chi connectivity index (χ4n) is 6.72. The molecule has 3 aliphatic heterocycles. The van der Waals surface area contributed by atoms with Crippen molar-refractivity contribution in [1.82, 2.24) is 9.80 Å². The van der Waals surface area contributed by atoms with Crippen LogP contribution in [0.5, 0.6) is 0 Å². The molecule has 0 radical (unpaired) electrons. The highest BCUT2D eigenvalue weighted by Gasteiger charge is 2.41. The largest absolute Gasteiger partial charge is 0.392 e. The summed E-state index contributed by atoms with van der Waals surface area (Å²) >= 11 is 0.